The fourth-order valence-corrected chi connectivity index (χ4v) is 6.10. The minimum Gasteiger partial charge on any atom is -0.393 e. The van der Waals surface area contributed by atoms with Crippen LogP contribution in [-0.2, 0) is 14.8 Å². The first-order valence-corrected chi connectivity index (χ1v) is 11.7. The highest BCUT2D eigenvalue weighted by Crippen LogP contribution is 2.44. The van der Waals surface area contributed by atoms with Gasteiger partial charge in [0.05, 0.1) is 41.1 Å². The number of hydrogen-bond donors (Lipinski definition) is 3. The van der Waals surface area contributed by atoms with Crippen LogP contribution in [0.15, 0.2) is 41.7 Å². The van der Waals surface area contributed by atoms with E-state index in [0.29, 0.717) is 37.1 Å². The van der Waals surface area contributed by atoms with Crippen molar-refractivity contribution in [3.8, 4) is 11.3 Å². The number of aliphatic hydroxyl groups is 1. The van der Waals surface area contributed by atoms with Crippen molar-refractivity contribution in [2.24, 2.45) is 0 Å². The molecule has 164 valence electrons. The van der Waals surface area contributed by atoms with E-state index in [0.717, 1.165) is 16.8 Å². The highest BCUT2D eigenvalue weighted by atomic mass is 32.2. The lowest BCUT2D eigenvalue weighted by molar-refractivity contribution is -0.175. The lowest BCUT2D eigenvalue weighted by Gasteiger charge is -2.52. The van der Waals surface area contributed by atoms with Crippen LogP contribution < -0.4 is 10.5 Å². The van der Waals surface area contributed by atoms with Crippen LogP contribution in [0.2, 0.25) is 0 Å². The molecule has 2 bridgehead atoms. The Hall–Kier alpha value is -2.53. The highest BCUT2D eigenvalue weighted by Gasteiger charge is 2.51. The van der Waals surface area contributed by atoms with E-state index in [1.165, 1.54) is 0 Å². The van der Waals surface area contributed by atoms with Gasteiger partial charge in [-0.1, -0.05) is 6.07 Å². The van der Waals surface area contributed by atoms with Crippen LogP contribution >= 0.6 is 0 Å². The van der Waals surface area contributed by atoms with Gasteiger partial charge >= 0.3 is 0 Å². The first kappa shape index (κ1) is 20.4. The summed E-state index contributed by atoms with van der Waals surface area (Å²) in [6.07, 6.45) is 7.58. The van der Waals surface area contributed by atoms with Gasteiger partial charge in [-0.05, 0) is 50.3 Å². The second-order valence-electron chi connectivity index (χ2n) is 8.64. The van der Waals surface area contributed by atoms with Crippen LogP contribution in [0.4, 0.5) is 5.82 Å². The molecule has 3 aliphatic rings. The molecule has 0 atom stereocenters. The average Bonchev–Trinajstić information content (AvgIpc) is 3.20. The van der Waals surface area contributed by atoms with E-state index >= 15 is 0 Å². The number of nitrogen functional groups attached to an aromatic ring is 1. The normalized spacial score (nSPS) is 25.9. The molecule has 3 fully saturated rings. The molecule has 2 saturated heterocycles. The monoisotopic (exact) mass is 443 g/mol. The summed E-state index contributed by atoms with van der Waals surface area (Å²) in [6, 6.07) is 5.07. The van der Waals surface area contributed by atoms with Crippen molar-refractivity contribution >= 4 is 21.5 Å². The van der Waals surface area contributed by atoms with E-state index in [1.54, 1.807) is 41.2 Å². The third-order valence-electron chi connectivity index (χ3n) is 6.66. The smallest absolute Gasteiger partial charge is 0.241 e. The highest BCUT2D eigenvalue weighted by molar-refractivity contribution is 7.89. The number of nitrogens with one attached hydrogen (secondary N) is 1. The number of aryl methyl sites for hydroxylation is 1. The van der Waals surface area contributed by atoms with Gasteiger partial charge in [-0.15, -0.1) is 0 Å². The van der Waals surface area contributed by atoms with Crippen LogP contribution in [0.25, 0.3) is 16.9 Å². The van der Waals surface area contributed by atoms with Gasteiger partial charge in [0.15, 0.2) is 11.5 Å². The SMILES string of the molecule is Cc1ccc(S(=O)(=O)NC23CCC(CO)(CC2)OC3)cc1-c1cnc2c(N)nccn12. The van der Waals surface area contributed by atoms with E-state index in [4.69, 9.17) is 10.5 Å². The number of aliphatic hydroxyl groups excluding tert-OH is 1. The minimum atomic E-state index is -3.78. The van der Waals surface area contributed by atoms with Crippen molar-refractivity contribution in [1.29, 1.82) is 0 Å². The number of ether oxygens (including phenoxy) is 1. The molecule has 0 amide bonds. The lowest BCUT2D eigenvalue weighted by atomic mass is 9.72. The number of sulfonamides is 1. The minimum absolute atomic E-state index is 0.0313. The molecular formula is C21H25N5O4S. The molecular weight excluding hydrogens is 418 g/mol. The first-order chi connectivity index (χ1) is 14.8. The summed E-state index contributed by atoms with van der Waals surface area (Å²) in [5, 5.41) is 9.62. The number of rotatable bonds is 5. The number of nitrogens with zero attached hydrogens (tertiary/aromatic N) is 3. The van der Waals surface area contributed by atoms with E-state index in [-0.39, 0.29) is 18.1 Å². The number of hydrogen-bond acceptors (Lipinski definition) is 7. The lowest BCUT2D eigenvalue weighted by Crippen LogP contribution is -2.63. The molecule has 1 saturated carbocycles. The fraction of sp³-hybridized carbons (Fsp3) is 0.429. The third kappa shape index (κ3) is 3.30. The second-order valence-corrected chi connectivity index (χ2v) is 10.3. The van der Waals surface area contributed by atoms with Gasteiger partial charge in [0, 0.05) is 18.0 Å². The molecule has 4 N–H and O–H groups in total. The van der Waals surface area contributed by atoms with E-state index < -0.39 is 21.2 Å². The summed E-state index contributed by atoms with van der Waals surface area (Å²) >= 11 is 0. The Morgan fingerprint density at radius 2 is 2.03 bits per heavy atom. The molecule has 1 aromatic carbocycles. The second kappa shape index (κ2) is 6.99. The maximum atomic E-state index is 13.3. The number of imidazole rings is 1. The van der Waals surface area contributed by atoms with E-state index in [1.807, 2.05) is 6.92 Å². The van der Waals surface area contributed by atoms with Gasteiger partial charge in [-0.3, -0.25) is 4.40 Å². The average molecular weight is 444 g/mol. The maximum absolute atomic E-state index is 13.3. The number of benzene rings is 1. The predicted octanol–water partition coefficient (Wildman–Crippen LogP) is 1.64. The largest absolute Gasteiger partial charge is 0.393 e. The maximum Gasteiger partial charge on any atom is 0.241 e. The molecule has 10 heteroatoms. The summed E-state index contributed by atoms with van der Waals surface area (Å²) in [4.78, 5) is 8.57. The molecule has 2 aliphatic heterocycles. The van der Waals surface area contributed by atoms with Crippen LogP contribution in [0.5, 0.6) is 0 Å². The molecule has 2 aromatic heterocycles. The van der Waals surface area contributed by atoms with Gasteiger partial charge in [0.2, 0.25) is 10.0 Å². The Morgan fingerprint density at radius 1 is 1.26 bits per heavy atom. The van der Waals surface area contributed by atoms with Crippen LogP contribution in [-0.4, -0.2) is 52.2 Å². The van der Waals surface area contributed by atoms with Crippen molar-refractivity contribution in [3.05, 3.63) is 42.4 Å². The molecule has 0 unspecified atom stereocenters. The molecule has 6 rings (SSSR count). The molecule has 1 aliphatic carbocycles. The molecule has 9 nitrogen and oxygen atoms in total. The van der Waals surface area contributed by atoms with Crippen molar-refractivity contribution in [2.45, 2.75) is 48.6 Å². The summed E-state index contributed by atoms with van der Waals surface area (Å²) < 4.78 is 37.2. The Labute approximate surface area is 180 Å². The number of anilines is 1. The Morgan fingerprint density at radius 3 is 2.71 bits per heavy atom. The third-order valence-corrected chi connectivity index (χ3v) is 8.24. The van der Waals surface area contributed by atoms with Crippen molar-refractivity contribution in [3.63, 3.8) is 0 Å². The fourth-order valence-electron chi connectivity index (χ4n) is 4.63. The molecule has 4 heterocycles. The van der Waals surface area contributed by atoms with Crippen molar-refractivity contribution < 1.29 is 18.3 Å². The summed E-state index contributed by atoms with van der Waals surface area (Å²) in [6.45, 7) is 2.16. The topological polar surface area (TPSA) is 132 Å². The van der Waals surface area contributed by atoms with Gasteiger partial charge < -0.3 is 15.6 Å². The Balaban J connectivity index is 1.49. The summed E-state index contributed by atoms with van der Waals surface area (Å²) in [5.41, 5.74) is 7.70. The summed E-state index contributed by atoms with van der Waals surface area (Å²) in [7, 11) is -3.78. The Bertz CT molecular complexity index is 1250. The van der Waals surface area contributed by atoms with Gasteiger partial charge in [0.1, 0.15) is 0 Å². The van der Waals surface area contributed by atoms with Crippen LogP contribution in [0.3, 0.4) is 0 Å². The number of nitrogens with two attached hydrogens (primary N) is 1. The zero-order chi connectivity index (χ0) is 21.9. The predicted molar refractivity (Wildman–Crippen MR) is 115 cm³/mol. The standard InChI is InChI=1S/C21H25N5O4S/c1-14-2-3-15(10-16(14)17-11-24-19-18(22)23-8-9-26(17)19)31(28,29)25-20-4-6-21(12-27,7-5-20)30-13-20/h2-3,8-11,25,27H,4-7,12-13H2,1H3,(H2,22,23). The summed E-state index contributed by atoms with van der Waals surface area (Å²) in [5.74, 6) is 0.310. The van der Waals surface area contributed by atoms with Crippen LogP contribution in [0, 0.1) is 6.92 Å². The quantitative estimate of drug-likeness (QED) is 0.546. The zero-order valence-corrected chi connectivity index (χ0v) is 18.0. The Kier molecular flexibility index (Phi) is 4.60. The first-order valence-electron chi connectivity index (χ1n) is 10.2. The van der Waals surface area contributed by atoms with Gasteiger partial charge in [-0.25, -0.2) is 23.1 Å². The van der Waals surface area contributed by atoms with E-state index in [2.05, 4.69) is 14.7 Å². The molecule has 0 spiro atoms. The van der Waals surface area contributed by atoms with Gasteiger partial charge in [-0.2, -0.15) is 0 Å². The van der Waals surface area contributed by atoms with Crippen molar-refractivity contribution in [1.82, 2.24) is 19.1 Å². The van der Waals surface area contributed by atoms with E-state index in [9.17, 15) is 13.5 Å². The zero-order valence-electron chi connectivity index (χ0n) is 17.2. The molecule has 3 aromatic rings. The van der Waals surface area contributed by atoms with Crippen molar-refractivity contribution in [2.75, 3.05) is 18.9 Å². The van der Waals surface area contributed by atoms with Gasteiger partial charge in [0.25, 0.3) is 0 Å². The number of aromatic nitrogens is 3. The molecule has 31 heavy (non-hydrogen) atoms. The van der Waals surface area contributed by atoms with Crippen LogP contribution in [0.1, 0.15) is 31.2 Å². The number of fused-ring (bicyclic) bond motifs is 4. The molecule has 0 radical (unpaired) electrons.